The van der Waals surface area contributed by atoms with Crippen molar-refractivity contribution in [3.63, 3.8) is 0 Å². The lowest BCUT2D eigenvalue weighted by atomic mass is 9.82. The highest BCUT2D eigenvalue weighted by molar-refractivity contribution is 7.13. The Morgan fingerprint density at radius 3 is 2.86 bits per heavy atom. The number of furan rings is 1. The van der Waals surface area contributed by atoms with Gasteiger partial charge in [-0.2, -0.15) is 0 Å². The highest BCUT2D eigenvalue weighted by atomic mass is 35.5. The maximum absolute atomic E-state index is 12.2. The monoisotopic (exact) mass is 341 g/mol. The van der Waals surface area contributed by atoms with Crippen molar-refractivity contribution in [3.8, 4) is 10.8 Å². The van der Waals surface area contributed by atoms with Gasteiger partial charge in [0.15, 0.2) is 10.8 Å². The molecule has 2 aromatic rings. The van der Waals surface area contributed by atoms with Gasteiger partial charge in [-0.05, 0) is 25.0 Å². The predicted molar refractivity (Wildman–Crippen MR) is 88.9 cm³/mol. The number of carbonyl (C=O) groups is 1. The normalized spacial score (nSPS) is 16.8. The number of nitrogens with zero attached hydrogens (tertiary/aromatic N) is 1. The number of nitrogens with one attached hydrogen (secondary N) is 1. The van der Waals surface area contributed by atoms with E-state index in [1.807, 2.05) is 17.5 Å². The molecule has 0 aromatic carbocycles. The highest BCUT2D eigenvalue weighted by Gasteiger charge is 2.34. The van der Waals surface area contributed by atoms with Gasteiger partial charge in [-0.15, -0.1) is 23.7 Å². The van der Waals surface area contributed by atoms with Crippen LogP contribution < -0.4 is 11.1 Å². The first-order valence-electron chi connectivity index (χ1n) is 7.23. The van der Waals surface area contributed by atoms with E-state index in [4.69, 9.17) is 10.2 Å². The van der Waals surface area contributed by atoms with Gasteiger partial charge in [0.05, 0.1) is 24.0 Å². The molecule has 2 heterocycles. The molecule has 2 aromatic heterocycles. The zero-order valence-electron chi connectivity index (χ0n) is 12.2. The van der Waals surface area contributed by atoms with Crippen LogP contribution in [0.25, 0.3) is 10.8 Å². The maximum atomic E-state index is 12.2. The van der Waals surface area contributed by atoms with E-state index in [-0.39, 0.29) is 18.3 Å². The zero-order valence-corrected chi connectivity index (χ0v) is 13.8. The summed E-state index contributed by atoms with van der Waals surface area (Å²) in [6.45, 7) is 0.412. The number of hydrogen-bond acceptors (Lipinski definition) is 5. The van der Waals surface area contributed by atoms with Crippen LogP contribution in [0.2, 0.25) is 0 Å². The lowest BCUT2D eigenvalue weighted by molar-refractivity contribution is -0.127. The largest absolute Gasteiger partial charge is 0.462 e. The molecule has 7 heteroatoms. The molecule has 5 nitrogen and oxygen atoms in total. The fraction of sp³-hybridized carbons (Fsp3) is 0.467. The van der Waals surface area contributed by atoms with Crippen LogP contribution in [0.3, 0.4) is 0 Å². The van der Waals surface area contributed by atoms with E-state index in [1.54, 1.807) is 6.26 Å². The lowest BCUT2D eigenvalue weighted by Crippen LogP contribution is -2.54. The number of thiazole rings is 1. The Balaban J connectivity index is 0.00000176. The van der Waals surface area contributed by atoms with Gasteiger partial charge in [0.2, 0.25) is 5.91 Å². The number of nitrogens with two attached hydrogens (primary N) is 1. The molecule has 0 aliphatic heterocycles. The average Bonchev–Trinajstić information content (AvgIpc) is 3.16. The minimum atomic E-state index is -0.696. The van der Waals surface area contributed by atoms with Gasteiger partial charge in [-0.25, -0.2) is 4.98 Å². The molecule has 0 atom stereocenters. The van der Waals surface area contributed by atoms with Crippen molar-refractivity contribution in [1.82, 2.24) is 10.3 Å². The van der Waals surface area contributed by atoms with Crippen molar-refractivity contribution in [2.24, 2.45) is 5.73 Å². The van der Waals surface area contributed by atoms with Crippen LogP contribution in [0.15, 0.2) is 28.2 Å². The molecule has 3 N–H and O–H groups in total. The Morgan fingerprint density at radius 1 is 1.41 bits per heavy atom. The highest BCUT2D eigenvalue weighted by Crippen LogP contribution is 2.26. The number of rotatable bonds is 4. The molecule has 0 saturated heterocycles. The van der Waals surface area contributed by atoms with Crippen molar-refractivity contribution in [2.45, 2.75) is 44.2 Å². The Bertz CT molecular complexity index is 606. The summed E-state index contributed by atoms with van der Waals surface area (Å²) in [5.41, 5.74) is 6.34. The Morgan fingerprint density at radius 2 is 2.18 bits per heavy atom. The second-order valence-electron chi connectivity index (χ2n) is 5.52. The fourth-order valence-corrected chi connectivity index (χ4v) is 3.44. The van der Waals surface area contributed by atoms with E-state index in [2.05, 4.69) is 10.3 Å². The molecule has 1 aliphatic rings. The second-order valence-corrected chi connectivity index (χ2v) is 6.38. The Hall–Kier alpha value is -1.37. The molecule has 120 valence electrons. The van der Waals surface area contributed by atoms with Crippen LogP contribution in [0.4, 0.5) is 0 Å². The fourth-order valence-electron chi connectivity index (χ4n) is 2.66. The molecule has 1 fully saturated rings. The van der Waals surface area contributed by atoms with Crippen molar-refractivity contribution in [3.05, 3.63) is 29.5 Å². The van der Waals surface area contributed by atoms with E-state index in [9.17, 15) is 4.79 Å². The quantitative estimate of drug-likeness (QED) is 0.895. The van der Waals surface area contributed by atoms with Gasteiger partial charge in [0, 0.05) is 5.38 Å². The zero-order chi connectivity index (χ0) is 14.7. The number of aromatic nitrogens is 1. The van der Waals surface area contributed by atoms with Crippen LogP contribution in [0, 0.1) is 0 Å². The molecule has 0 spiro atoms. The molecule has 1 saturated carbocycles. The SMILES string of the molecule is Cl.NC1(C(=O)NCc2csc(-c3ccco3)n2)CCCCC1. The van der Waals surface area contributed by atoms with E-state index >= 15 is 0 Å². The van der Waals surface area contributed by atoms with Crippen molar-refractivity contribution >= 4 is 29.7 Å². The molecular formula is C15H20ClN3O2S. The maximum Gasteiger partial charge on any atom is 0.240 e. The van der Waals surface area contributed by atoms with Gasteiger partial charge in [0.1, 0.15) is 0 Å². The summed E-state index contributed by atoms with van der Waals surface area (Å²) in [5, 5.41) is 5.67. The summed E-state index contributed by atoms with van der Waals surface area (Å²) in [5.74, 6) is 0.690. The minimum absolute atomic E-state index is 0. The topological polar surface area (TPSA) is 81.2 Å². The van der Waals surface area contributed by atoms with E-state index in [0.717, 1.165) is 42.1 Å². The first-order chi connectivity index (χ1) is 10.2. The second kappa shape index (κ2) is 7.26. The third-order valence-corrected chi connectivity index (χ3v) is 4.82. The van der Waals surface area contributed by atoms with E-state index in [0.29, 0.717) is 6.54 Å². The summed E-state index contributed by atoms with van der Waals surface area (Å²) in [7, 11) is 0. The minimum Gasteiger partial charge on any atom is -0.462 e. The third kappa shape index (κ3) is 3.69. The summed E-state index contributed by atoms with van der Waals surface area (Å²) >= 11 is 1.51. The van der Waals surface area contributed by atoms with Gasteiger partial charge in [-0.1, -0.05) is 19.3 Å². The van der Waals surface area contributed by atoms with Gasteiger partial charge >= 0.3 is 0 Å². The standard InChI is InChI=1S/C15H19N3O2S.ClH/c16-15(6-2-1-3-7-15)14(19)17-9-11-10-21-13(18-11)12-5-4-8-20-12;/h4-5,8,10H,1-3,6-7,9,16H2,(H,17,19);1H. The first kappa shape index (κ1) is 17.0. The average molecular weight is 342 g/mol. The molecule has 1 aliphatic carbocycles. The van der Waals surface area contributed by atoms with Crippen LogP contribution >= 0.6 is 23.7 Å². The summed E-state index contributed by atoms with van der Waals surface area (Å²) in [6, 6.07) is 3.71. The van der Waals surface area contributed by atoms with Gasteiger partial charge in [-0.3, -0.25) is 4.79 Å². The number of carbonyl (C=O) groups excluding carboxylic acids is 1. The third-order valence-electron chi connectivity index (χ3n) is 3.91. The van der Waals surface area contributed by atoms with Crippen molar-refractivity contribution < 1.29 is 9.21 Å². The van der Waals surface area contributed by atoms with Crippen LogP contribution in [-0.4, -0.2) is 16.4 Å². The number of halogens is 1. The smallest absolute Gasteiger partial charge is 0.240 e. The molecule has 3 rings (SSSR count). The molecular weight excluding hydrogens is 322 g/mol. The van der Waals surface area contributed by atoms with Gasteiger partial charge < -0.3 is 15.5 Å². The number of hydrogen-bond donors (Lipinski definition) is 2. The van der Waals surface area contributed by atoms with Crippen LogP contribution in [0.1, 0.15) is 37.8 Å². The van der Waals surface area contributed by atoms with E-state index in [1.165, 1.54) is 17.8 Å². The molecule has 0 radical (unpaired) electrons. The van der Waals surface area contributed by atoms with Crippen LogP contribution in [-0.2, 0) is 11.3 Å². The lowest BCUT2D eigenvalue weighted by Gasteiger charge is -2.31. The molecule has 0 bridgehead atoms. The van der Waals surface area contributed by atoms with E-state index < -0.39 is 5.54 Å². The molecule has 22 heavy (non-hydrogen) atoms. The molecule has 0 unspecified atom stereocenters. The Labute approximate surface area is 139 Å². The predicted octanol–water partition coefficient (Wildman–Crippen LogP) is 3.10. The van der Waals surface area contributed by atoms with Crippen molar-refractivity contribution in [1.29, 1.82) is 0 Å². The number of amides is 1. The Kier molecular flexibility index (Phi) is 5.61. The van der Waals surface area contributed by atoms with Gasteiger partial charge in [0.25, 0.3) is 0 Å². The summed E-state index contributed by atoms with van der Waals surface area (Å²) < 4.78 is 5.31. The first-order valence-corrected chi connectivity index (χ1v) is 8.11. The van der Waals surface area contributed by atoms with Crippen molar-refractivity contribution in [2.75, 3.05) is 0 Å². The molecule has 1 amide bonds. The van der Waals surface area contributed by atoms with Crippen LogP contribution in [0.5, 0.6) is 0 Å². The summed E-state index contributed by atoms with van der Waals surface area (Å²) in [4.78, 5) is 16.7. The summed E-state index contributed by atoms with van der Waals surface area (Å²) in [6.07, 6.45) is 6.40.